The van der Waals surface area contributed by atoms with Crippen molar-refractivity contribution < 1.29 is 9.63 Å². The molecule has 1 unspecified atom stereocenters. The van der Waals surface area contributed by atoms with E-state index >= 15 is 0 Å². The molecule has 2 N–H and O–H groups in total. The summed E-state index contributed by atoms with van der Waals surface area (Å²) in [7, 11) is 0. The molecular weight excluding hydrogens is 296 g/mol. The number of hydrogen-bond donors (Lipinski definition) is 2. The molecule has 0 amide bonds. The highest BCUT2D eigenvalue weighted by Crippen LogP contribution is 2.17. The summed E-state index contributed by atoms with van der Waals surface area (Å²) in [6, 6.07) is 8.16. The molecule has 0 aliphatic heterocycles. The third-order valence-corrected chi connectivity index (χ3v) is 3.51. The van der Waals surface area contributed by atoms with Crippen LogP contribution in [0.1, 0.15) is 12.5 Å². The van der Waals surface area contributed by atoms with Crippen molar-refractivity contribution in [3.8, 4) is 0 Å². The zero-order valence-corrected chi connectivity index (χ0v) is 11.7. The Hall–Kier alpha value is -1.17. The Morgan fingerprint density at radius 3 is 3.06 bits per heavy atom. The van der Waals surface area contributed by atoms with Gasteiger partial charge in [0.2, 0.25) is 0 Å². The van der Waals surface area contributed by atoms with Gasteiger partial charge < -0.3 is 4.98 Å². The molecule has 1 aromatic carbocycles. The predicted octanol–water partition coefficient (Wildman–Crippen LogP) is 2.54. The number of carbonyl (C=O) groups excluding carboxylic acids is 1. The lowest BCUT2D eigenvalue weighted by molar-refractivity contribution is -0.126. The maximum atomic E-state index is 10.9. The minimum atomic E-state index is -0.583. The van der Waals surface area contributed by atoms with Gasteiger partial charge in [-0.3, -0.25) is 9.63 Å². The van der Waals surface area contributed by atoms with Crippen LogP contribution in [0.4, 0.5) is 0 Å². The van der Waals surface area contributed by atoms with Crippen molar-refractivity contribution in [2.45, 2.75) is 18.4 Å². The van der Waals surface area contributed by atoms with Crippen molar-refractivity contribution in [1.29, 1.82) is 0 Å². The fourth-order valence-electron chi connectivity index (χ4n) is 1.74. The van der Waals surface area contributed by atoms with Crippen molar-refractivity contribution in [2.24, 2.45) is 0 Å². The molecule has 2 aromatic rings. The highest BCUT2D eigenvalue weighted by molar-refractivity contribution is 9.09. The summed E-state index contributed by atoms with van der Waals surface area (Å²) in [5.41, 5.74) is 5.15. The lowest BCUT2D eigenvalue weighted by Crippen LogP contribution is -2.26. The summed E-state index contributed by atoms with van der Waals surface area (Å²) in [4.78, 5) is 19.3. The Morgan fingerprint density at radius 1 is 1.50 bits per heavy atom. The third-order valence-electron chi connectivity index (χ3n) is 2.68. The summed E-state index contributed by atoms with van der Waals surface area (Å²) in [6.45, 7) is 2.12. The quantitative estimate of drug-likeness (QED) is 0.490. The number of H-pyrrole nitrogens is 1. The molecule has 0 saturated carbocycles. The number of ketones is 1. The molecule has 1 aromatic heterocycles. The molecule has 1 heterocycles. The monoisotopic (exact) mass is 310 g/mol. The second-order valence-corrected chi connectivity index (χ2v) is 4.88. The van der Waals surface area contributed by atoms with E-state index < -0.39 is 5.01 Å². The first-order valence-electron chi connectivity index (χ1n) is 5.76. The van der Waals surface area contributed by atoms with Crippen LogP contribution in [0, 0.1) is 0 Å². The summed E-state index contributed by atoms with van der Waals surface area (Å²) in [6.07, 6.45) is 2.84. The molecule has 2 rings (SSSR count). The van der Waals surface area contributed by atoms with Crippen LogP contribution in [0.3, 0.4) is 0 Å². The van der Waals surface area contributed by atoms with Gasteiger partial charge in [0, 0.05) is 23.6 Å². The molecule has 1 atom stereocenters. The van der Waals surface area contributed by atoms with Gasteiger partial charge in [-0.2, -0.15) is 0 Å². The van der Waals surface area contributed by atoms with Gasteiger partial charge in [0.25, 0.3) is 0 Å². The Morgan fingerprint density at radius 2 is 2.28 bits per heavy atom. The van der Waals surface area contributed by atoms with Crippen LogP contribution in [-0.2, 0) is 16.1 Å². The third kappa shape index (κ3) is 3.19. The van der Waals surface area contributed by atoms with Crippen LogP contribution in [0.2, 0.25) is 0 Å². The average Bonchev–Trinajstić information content (AvgIpc) is 2.77. The topological polar surface area (TPSA) is 54.1 Å². The van der Waals surface area contributed by atoms with E-state index in [0.717, 1.165) is 11.9 Å². The molecule has 5 heteroatoms. The number of hydroxylamine groups is 1. The van der Waals surface area contributed by atoms with Crippen LogP contribution < -0.4 is 5.48 Å². The highest BCUT2D eigenvalue weighted by Gasteiger charge is 2.09. The Kier molecular flexibility index (Phi) is 4.52. The maximum absolute atomic E-state index is 10.9. The first kappa shape index (κ1) is 13.3. The molecule has 18 heavy (non-hydrogen) atoms. The highest BCUT2D eigenvalue weighted by atomic mass is 79.9. The van der Waals surface area contributed by atoms with E-state index in [0.29, 0.717) is 6.54 Å². The standard InChI is InChI=1S/C13H15BrN2O2/c1-9(17)13(14)18-16-7-6-10-8-15-12-5-3-2-4-11(10)12/h2-5,8,13,15-16H,6-7H2,1H3. The number of Topliss-reactive ketones (excluding diaryl/α,β-unsaturated/α-hetero) is 1. The van der Waals surface area contributed by atoms with Crippen LogP contribution in [0.25, 0.3) is 10.9 Å². The molecule has 0 aliphatic carbocycles. The normalized spacial score (nSPS) is 12.8. The first-order chi connectivity index (χ1) is 8.68. The summed E-state index contributed by atoms with van der Waals surface area (Å²) >= 11 is 3.12. The van der Waals surface area contributed by atoms with Crippen molar-refractivity contribution >= 4 is 32.6 Å². The van der Waals surface area contributed by atoms with Gasteiger partial charge in [-0.1, -0.05) is 18.2 Å². The Balaban J connectivity index is 1.85. The Bertz CT molecular complexity index is 539. The number of hydrogen-bond acceptors (Lipinski definition) is 3. The average molecular weight is 311 g/mol. The predicted molar refractivity (Wildman–Crippen MR) is 74.5 cm³/mol. The number of aromatic amines is 1. The van der Waals surface area contributed by atoms with Crippen molar-refractivity contribution in [1.82, 2.24) is 10.5 Å². The zero-order chi connectivity index (χ0) is 13.0. The number of rotatable bonds is 6. The lowest BCUT2D eigenvalue weighted by Gasteiger charge is -2.08. The molecule has 4 nitrogen and oxygen atoms in total. The van der Waals surface area contributed by atoms with Gasteiger partial charge in [-0.25, -0.2) is 5.48 Å². The van der Waals surface area contributed by atoms with Crippen LogP contribution in [0.15, 0.2) is 30.5 Å². The fraction of sp³-hybridized carbons (Fsp3) is 0.308. The number of para-hydroxylation sites is 1. The minimum Gasteiger partial charge on any atom is -0.361 e. The van der Waals surface area contributed by atoms with Crippen molar-refractivity contribution in [3.63, 3.8) is 0 Å². The van der Waals surface area contributed by atoms with Gasteiger partial charge in [-0.15, -0.1) is 0 Å². The SMILES string of the molecule is CC(=O)C(Br)ONCCc1c[nH]c2ccccc12. The number of benzene rings is 1. The number of nitrogens with one attached hydrogen (secondary N) is 2. The summed E-state index contributed by atoms with van der Waals surface area (Å²) in [5.74, 6) is -0.0606. The van der Waals surface area contributed by atoms with Gasteiger partial charge >= 0.3 is 0 Å². The number of halogens is 1. The van der Waals surface area contributed by atoms with Crippen molar-refractivity contribution in [3.05, 3.63) is 36.0 Å². The van der Waals surface area contributed by atoms with Gasteiger partial charge in [0.1, 0.15) is 0 Å². The minimum absolute atomic E-state index is 0.0606. The molecule has 0 bridgehead atoms. The molecule has 96 valence electrons. The van der Waals surface area contributed by atoms with E-state index in [9.17, 15) is 4.79 Å². The zero-order valence-electron chi connectivity index (χ0n) is 10.1. The van der Waals surface area contributed by atoms with E-state index in [1.165, 1.54) is 17.9 Å². The van der Waals surface area contributed by atoms with E-state index in [1.54, 1.807) is 0 Å². The second kappa shape index (κ2) is 6.13. The number of alkyl halides is 1. The van der Waals surface area contributed by atoms with E-state index in [-0.39, 0.29) is 5.78 Å². The molecule has 0 aliphatic rings. The van der Waals surface area contributed by atoms with Gasteiger partial charge in [0.15, 0.2) is 10.8 Å². The molecule has 0 spiro atoms. The van der Waals surface area contributed by atoms with E-state index in [2.05, 4.69) is 32.5 Å². The molecule has 0 fully saturated rings. The molecule has 0 saturated heterocycles. The number of aromatic nitrogens is 1. The number of fused-ring (bicyclic) bond motifs is 1. The van der Waals surface area contributed by atoms with Gasteiger partial charge in [0.05, 0.1) is 0 Å². The number of carbonyl (C=O) groups is 1. The summed E-state index contributed by atoms with van der Waals surface area (Å²) in [5, 5.41) is 0.640. The smallest absolute Gasteiger partial charge is 0.191 e. The van der Waals surface area contributed by atoms with E-state index in [4.69, 9.17) is 4.84 Å². The van der Waals surface area contributed by atoms with Crippen LogP contribution in [0.5, 0.6) is 0 Å². The van der Waals surface area contributed by atoms with Gasteiger partial charge in [-0.05, 0) is 40.9 Å². The first-order valence-corrected chi connectivity index (χ1v) is 6.68. The fourth-order valence-corrected chi connectivity index (χ4v) is 1.87. The largest absolute Gasteiger partial charge is 0.361 e. The van der Waals surface area contributed by atoms with Crippen LogP contribution >= 0.6 is 15.9 Å². The second-order valence-electron chi connectivity index (χ2n) is 4.05. The molecule has 0 radical (unpaired) electrons. The van der Waals surface area contributed by atoms with Crippen LogP contribution in [-0.4, -0.2) is 22.3 Å². The maximum Gasteiger partial charge on any atom is 0.191 e. The van der Waals surface area contributed by atoms with Crippen molar-refractivity contribution in [2.75, 3.05) is 6.54 Å². The summed E-state index contributed by atoms with van der Waals surface area (Å²) < 4.78 is 0. The Labute approximate surface area is 114 Å². The van der Waals surface area contributed by atoms with E-state index in [1.807, 2.05) is 24.4 Å². The lowest BCUT2D eigenvalue weighted by atomic mass is 10.1. The molecular formula is C13H15BrN2O2.